The third-order valence-electron chi connectivity index (χ3n) is 4.04. The molecule has 1 aliphatic heterocycles. The number of hydrogen-bond donors (Lipinski definition) is 2. The van der Waals surface area contributed by atoms with Gasteiger partial charge in [-0.3, -0.25) is 0 Å². The van der Waals surface area contributed by atoms with Gasteiger partial charge < -0.3 is 10.3 Å². The summed E-state index contributed by atoms with van der Waals surface area (Å²) in [6.45, 7) is 2.97. The summed E-state index contributed by atoms with van der Waals surface area (Å²) in [6, 6.07) is 16.4. The predicted molar refractivity (Wildman–Crippen MR) is 94.4 cm³/mol. The maximum atomic E-state index is 6.44. The van der Waals surface area contributed by atoms with E-state index in [1.165, 1.54) is 24.9 Å². The first-order chi connectivity index (χ1) is 10.8. The van der Waals surface area contributed by atoms with Crippen molar-refractivity contribution in [2.75, 3.05) is 23.4 Å². The fraction of sp³-hybridized carbons (Fsp3) is 0.333. The Kier molecular flexibility index (Phi) is 5.20. The Morgan fingerprint density at radius 1 is 0.955 bits per heavy atom. The molecule has 22 heavy (non-hydrogen) atoms. The second-order valence-corrected chi connectivity index (χ2v) is 6.08. The van der Waals surface area contributed by atoms with Gasteiger partial charge in [-0.15, -0.1) is 0 Å². The van der Waals surface area contributed by atoms with Gasteiger partial charge in [-0.25, -0.2) is 5.43 Å². The summed E-state index contributed by atoms with van der Waals surface area (Å²) < 4.78 is 0. The van der Waals surface area contributed by atoms with E-state index in [4.69, 9.17) is 11.6 Å². The van der Waals surface area contributed by atoms with Gasteiger partial charge in [0, 0.05) is 36.0 Å². The molecule has 0 bridgehead atoms. The molecule has 0 atom stereocenters. The van der Waals surface area contributed by atoms with E-state index in [9.17, 15) is 0 Å². The summed E-state index contributed by atoms with van der Waals surface area (Å²) in [5.74, 6) is 0. The van der Waals surface area contributed by atoms with Gasteiger partial charge >= 0.3 is 0 Å². The highest BCUT2D eigenvalue weighted by Gasteiger charge is 2.12. The van der Waals surface area contributed by atoms with E-state index in [2.05, 4.69) is 34.0 Å². The van der Waals surface area contributed by atoms with Crippen LogP contribution in [0.5, 0.6) is 0 Å². The molecule has 2 N–H and O–H groups in total. The Hall–Kier alpha value is -1.71. The first-order valence-corrected chi connectivity index (χ1v) is 8.28. The van der Waals surface area contributed by atoms with Crippen molar-refractivity contribution in [3.05, 3.63) is 59.1 Å². The molecule has 2 aromatic carbocycles. The fourth-order valence-electron chi connectivity index (χ4n) is 2.79. The number of nitrogens with zero attached hydrogens (tertiary/aromatic N) is 1. The molecule has 1 heterocycles. The molecular weight excluding hydrogens is 294 g/mol. The van der Waals surface area contributed by atoms with Gasteiger partial charge in [0.2, 0.25) is 0 Å². The topological polar surface area (TPSA) is 27.3 Å². The van der Waals surface area contributed by atoms with Crippen molar-refractivity contribution in [3.8, 4) is 0 Å². The van der Waals surface area contributed by atoms with Gasteiger partial charge in [0.15, 0.2) is 0 Å². The van der Waals surface area contributed by atoms with Crippen LogP contribution in [0.4, 0.5) is 11.4 Å². The minimum Gasteiger partial charge on any atom is -0.371 e. The molecule has 0 saturated carbocycles. The van der Waals surface area contributed by atoms with Crippen molar-refractivity contribution in [3.63, 3.8) is 0 Å². The van der Waals surface area contributed by atoms with Crippen LogP contribution in [0.15, 0.2) is 48.5 Å². The SMILES string of the molecule is Clc1cc(N2CCCCC2)ccc1CNNc1ccccc1. The number of piperidine rings is 1. The highest BCUT2D eigenvalue weighted by atomic mass is 35.5. The van der Waals surface area contributed by atoms with E-state index in [0.29, 0.717) is 6.54 Å². The number of nitrogens with one attached hydrogen (secondary N) is 2. The molecule has 1 aliphatic rings. The van der Waals surface area contributed by atoms with Gasteiger partial charge in [-0.05, 0) is 49.1 Å². The number of halogens is 1. The minimum absolute atomic E-state index is 0.688. The molecule has 116 valence electrons. The smallest absolute Gasteiger partial charge is 0.0487 e. The van der Waals surface area contributed by atoms with Crippen LogP contribution in [0.2, 0.25) is 5.02 Å². The van der Waals surface area contributed by atoms with E-state index in [1.54, 1.807) is 0 Å². The van der Waals surface area contributed by atoms with Crippen molar-refractivity contribution in [2.24, 2.45) is 0 Å². The number of benzene rings is 2. The Labute approximate surface area is 137 Å². The lowest BCUT2D eigenvalue weighted by Gasteiger charge is -2.29. The van der Waals surface area contributed by atoms with Gasteiger partial charge in [0.1, 0.15) is 0 Å². The van der Waals surface area contributed by atoms with Crippen LogP contribution < -0.4 is 15.8 Å². The third kappa shape index (κ3) is 3.93. The number of hydrazine groups is 1. The van der Waals surface area contributed by atoms with Crippen LogP contribution in [0.3, 0.4) is 0 Å². The molecule has 1 fully saturated rings. The maximum Gasteiger partial charge on any atom is 0.0487 e. The van der Waals surface area contributed by atoms with E-state index in [1.807, 2.05) is 30.3 Å². The lowest BCUT2D eigenvalue weighted by Crippen LogP contribution is -2.29. The van der Waals surface area contributed by atoms with Gasteiger partial charge in [-0.2, -0.15) is 0 Å². The summed E-state index contributed by atoms with van der Waals surface area (Å²) in [7, 11) is 0. The zero-order chi connectivity index (χ0) is 15.2. The van der Waals surface area contributed by atoms with Gasteiger partial charge in [0.05, 0.1) is 0 Å². The summed E-state index contributed by atoms with van der Waals surface area (Å²) >= 11 is 6.44. The maximum absolute atomic E-state index is 6.44. The van der Waals surface area contributed by atoms with Gasteiger partial charge in [-0.1, -0.05) is 35.9 Å². The quantitative estimate of drug-likeness (QED) is 0.798. The average Bonchev–Trinajstić information content (AvgIpc) is 2.58. The molecule has 0 amide bonds. The van der Waals surface area contributed by atoms with Crippen LogP contribution in [0.25, 0.3) is 0 Å². The van der Waals surface area contributed by atoms with E-state index >= 15 is 0 Å². The monoisotopic (exact) mass is 315 g/mol. The molecule has 3 nitrogen and oxygen atoms in total. The van der Waals surface area contributed by atoms with Crippen molar-refractivity contribution in [1.29, 1.82) is 0 Å². The lowest BCUT2D eigenvalue weighted by atomic mass is 10.1. The molecule has 0 spiro atoms. The summed E-state index contributed by atoms with van der Waals surface area (Å²) in [4.78, 5) is 2.43. The van der Waals surface area contributed by atoms with Crippen molar-refractivity contribution in [2.45, 2.75) is 25.8 Å². The van der Waals surface area contributed by atoms with Crippen LogP contribution in [-0.4, -0.2) is 13.1 Å². The molecule has 0 aromatic heterocycles. The largest absolute Gasteiger partial charge is 0.371 e. The average molecular weight is 316 g/mol. The first kappa shape index (κ1) is 15.2. The number of anilines is 2. The summed E-state index contributed by atoms with van der Waals surface area (Å²) in [5.41, 5.74) is 9.78. The zero-order valence-electron chi connectivity index (χ0n) is 12.7. The van der Waals surface area contributed by atoms with Crippen LogP contribution in [-0.2, 0) is 6.54 Å². The van der Waals surface area contributed by atoms with Crippen LogP contribution in [0, 0.1) is 0 Å². The summed E-state index contributed by atoms with van der Waals surface area (Å²) in [5, 5.41) is 0.824. The Morgan fingerprint density at radius 2 is 1.73 bits per heavy atom. The number of hydrogen-bond acceptors (Lipinski definition) is 3. The van der Waals surface area contributed by atoms with Crippen molar-refractivity contribution < 1.29 is 0 Å². The van der Waals surface area contributed by atoms with Crippen molar-refractivity contribution >= 4 is 23.0 Å². The normalized spacial score (nSPS) is 14.9. The molecule has 4 heteroatoms. The number of para-hydroxylation sites is 1. The summed E-state index contributed by atoms with van der Waals surface area (Å²) in [6.07, 6.45) is 3.90. The molecule has 0 radical (unpaired) electrons. The fourth-order valence-corrected chi connectivity index (χ4v) is 3.03. The molecule has 2 aromatic rings. The van der Waals surface area contributed by atoms with Crippen LogP contribution >= 0.6 is 11.6 Å². The Bertz CT molecular complexity index is 595. The Balaban J connectivity index is 1.57. The second kappa shape index (κ2) is 7.52. The van der Waals surface area contributed by atoms with E-state index in [-0.39, 0.29) is 0 Å². The second-order valence-electron chi connectivity index (χ2n) is 5.67. The molecule has 0 aliphatic carbocycles. The number of rotatable bonds is 5. The molecule has 0 unspecified atom stereocenters. The molecular formula is C18H22ClN3. The minimum atomic E-state index is 0.688. The van der Waals surface area contributed by atoms with E-state index in [0.717, 1.165) is 29.4 Å². The standard InChI is InChI=1S/C18H22ClN3/c19-18-13-17(22-11-5-2-6-12-22)10-9-15(18)14-20-21-16-7-3-1-4-8-16/h1,3-4,7-10,13,20-21H,2,5-6,11-12,14H2. The lowest BCUT2D eigenvalue weighted by molar-refractivity contribution is 0.578. The zero-order valence-corrected chi connectivity index (χ0v) is 13.4. The predicted octanol–water partition coefficient (Wildman–Crippen LogP) is 4.45. The molecule has 3 rings (SSSR count). The first-order valence-electron chi connectivity index (χ1n) is 7.90. The Morgan fingerprint density at radius 3 is 2.45 bits per heavy atom. The van der Waals surface area contributed by atoms with Gasteiger partial charge in [0.25, 0.3) is 0 Å². The third-order valence-corrected chi connectivity index (χ3v) is 4.40. The van der Waals surface area contributed by atoms with Crippen LogP contribution in [0.1, 0.15) is 24.8 Å². The highest BCUT2D eigenvalue weighted by Crippen LogP contribution is 2.26. The van der Waals surface area contributed by atoms with E-state index < -0.39 is 0 Å². The highest BCUT2D eigenvalue weighted by molar-refractivity contribution is 6.31. The van der Waals surface area contributed by atoms with Crippen molar-refractivity contribution in [1.82, 2.24) is 5.43 Å². The molecule has 1 saturated heterocycles.